The summed E-state index contributed by atoms with van der Waals surface area (Å²) >= 11 is 3.73. The SMILES string of the molecule is c1ccc(-c2ccc(-c3ccc(N(c4cccc(-c5ccccc5N(c5ccc(-c6ccccc6)cc5)c5cccc6c5sc5ccccc56)c4)c4cccc5c4sc4ccccc45)cc3)cc2)cc1. The molecule has 0 radical (unpaired) electrons. The Kier molecular flexibility index (Phi) is 10.6. The lowest BCUT2D eigenvalue weighted by molar-refractivity contribution is 1.29. The number of anilines is 6. The van der Waals surface area contributed by atoms with Gasteiger partial charge in [-0.25, -0.2) is 0 Å². The van der Waals surface area contributed by atoms with Gasteiger partial charge in [-0.15, -0.1) is 22.7 Å². The van der Waals surface area contributed by atoms with Crippen LogP contribution in [-0.4, -0.2) is 0 Å². The number of hydrogen-bond donors (Lipinski definition) is 0. The lowest BCUT2D eigenvalue weighted by Gasteiger charge is -2.29. The zero-order valence-electron chi connectivity index (χ0n) is 38.1. The van der Waals surface area contributed by atoms with Crippen LogP contribution in [0.4, 0.5) is 34.1 Å². The highest BCUT2D eigenvalue weighted by atomic mass is 32.1. The van der Waals surface area contributed by atoms with E-state index in [1.807, 2.05) is 22.7 Å². The molecule has 0 aliphatic rings. The first-order chi connectivity index (χ1) is 34.7. The molecule has 0 atom stereocenters. The Bertz CT molecular complexity index is 3990. The van der Waals surface area contributed by atoms with Crippen molar-refractivity contribution in [2.45, 2.75) is 0 Å². The molecule has 2 aromatic heterocycles. The Balaban J connectivity index is 0.956. The number of fused-ring (bicyclic) bond motifs is 6. The molecule has 0 spiro atoms. The zero-order chi connectivity index (χ0) is 46.4. The van der Waals surface area contributed by atoms with Crippen LogP contribution in [0, 0.1) is 0 Å². The van der Waals surface area contributed by atoms with Gasteiger partial charge in [-0.2, -0.15) is 0 Å². The van der Waals surface area contributed by atoms with Gasteiger partial charge in [0.25, 0.3) is 0 Å². The molecule has 70 heavy (non-hydrogen) atoms. The Morgan fingerprint density at radius 2 is 0.600 bits per heavy atom. The fraction of sp³-hybridized carbons (Fsp3) is 0. The number of nitrogens with zero attached hydrogens (tertiary/aromatic N) is 2. The lowest BCUT2D eigenvalue weighted by atomic mass is 9.99. The molecule has 0 saturated heterocycles. The maximum Gasteiger partial charge on any atom is 0.0640 e. The molecular formula is C66H44N2S2. The van der Waals surface area contributed by atoms with Crippen LogP contribution in [-0.2, 0) is 0 Å². The van der Waals surface area contributed by atoms with Crippen molar-refractivity contribution < 1.29 is 0 Å². The average molecular weight is 929 g/mol. The topological polar surface area (TPSA) is 6.48 Å². The minimum Gasteiger partial charge on any atom is -0.309 e. The van der Waals surface area contributed by atoms with Gasteiger partial charge in [0.2, 0.25) is 0 Å². The predicted molar refractivity (Wildman–Crippen MR) is 303 cm³/mol. The van der Waals surface area contributed by atoms with Crippen LogP contribution in [0.2, 0.25) is 0 Å². The molecule has 0 bridgehead atoms. The molecule has 0 aliphatic carbocycles. The summed E-state index contributed by atoms with van der Waals surface area (Å²) < 4.78 is 5.09. The number of thiophene rings is 2. The first-order valence-electron chi connectivity index (χ1n) is 23.7. The van der Waals surface area contributed by atoms with Gasteiger partial charge in [-0.05, 0) is 106 Å². The van der Waals surface area contributed by atoms with E-state index in [4.69, 9.17) is 0 Å². The normalized spacial score (nSPS) is 11.4. The highest BCUT2D eigenvalue weighted by Crippen LogP contribution is 2.49. The van der Waals surface area contributed by atoms with Crippen LogP contribution in [0.3, 0.4) is 0 Å². The first-order valence-corrected chi connectivity index (χ1v) is 25.4. The maximum atomic E-state index is 2.47. The Morgan fingerprint density at radius 1 is 0.229 bits per heavy atom. The summed E-state index contributed by atoms with van der Waals surface area (Å²) in [5.41, 5.74) is 16.2. The van der Waals surface area contributed by atoms with Gasteiger partial charge >= 0.3 is 0 Å². The fourth-order valence-corrected chi connectivity index (χ4v) is 12.5. The zero-order valence-corrected chi connectivity index (χ0v) is 39.7. The second kappa shape index (κ2) is 17.8. The average Bonchev–Trinajstić information content (AvgIpc) is 4.02. The van der Waals surface area contributed by atoms with Crippen LogP contribution in [0.15, 0.2) is 267 Å². The molecule has 2 nitrogen and oxygen atoms in total. The fourth-order valence-electron chi connectivity index (χ4n) is 10.1. The molecule has 0 unspecified atom stereocenters. The van der Waals surface area contributed by atoms with Crippen molar-refractivity contribution in [3.8, 4) is 44.5 Å². The molecule has 13 aromatic rings. The van der Waals surface area contributed by atoms with E-state index in [1.165, 1.54) is 73.7 Å². The number of rotatable bonds is 10. The third-order valence-corrected chi connectivity index (χ3v) is 15.9. The molecule has 0 N–H and O–H groups in total. The molecule has 0 saturated carbocycles. The minimum absolute atomic E-state index is 1.09. The molecule has 0 amide bonds. The monoisotopic (exact) mass is 928 g/mol. The summed E-state index contributed by atoms with van der Waals surface area (Å²) in [6.45, 7) is 0. The van der Waals surface area contributed by atoms with Gasteiger partial charge in [0.1, 0.15) is 0 Å². The largest absolute Gasteiger partial charge is 0.309 e. The second-order valence-electron chi connectivity index (χ2n) is 17.6. The number of para-hydroxylation sites is 1. The van der Waals surface area contributed by atoms with Crippen molar-refractivity contribution in [3.63, 3.8) is 0 Å². The number of hydrogen-bond acceptors (Lipinski definition) is 4. The summed E-state index contributed by atoms with van der Waals surface area (Å²) in [6.07, 6.45) is 0. The maximum absolute atomic E-state index is 2.47. The summed E-state index contributed by atoms with van der Waals surface area (Å²) in [7, 11) is 0. The third-order valence-electron chi connectivity index (χ3n) is 13.5. The molecule has 4 heteroatoms. The van der Waals surface area contributed by atoms with Crippen LogP contribution in [0.25, 0.3) is 84.9 Å². The third kappa shape index (κ3) is 7.51. The van der Waals surface area contributed by atoms with Crippen molar-refractivity contribution >= 4 is 97.1 Å². The van der Waals surface area contributed by atoms with E-state index in [0.717, 1.165) is 45.3 Å². The second-order valence-corrected chi connectivity index (χ2v) is 19.7. The van der Waals surface area contributed by atoms with Gasteiger partial charge in [0, 0.05) is 53.6 Å². The Morgan fingerprint density at radius 3 is 1.14 bits per heavy atom. The smallest absolute Gasteiger partial charge is 0.0640 e. The van der Waals surface area contributed by atoms with Gasteiger partial charge in [0.15, 0.2) is 0 Å². The molecular weight excluding hydrogens is 885 g/mol. The van der Waals surface area contributed by atoms with Crippen molar-refractivity contribution in [2.24, 2.45) is 0 Å². The highest BCUT2D eigenvalue weighted by Gasteiger charge is 2.23. The molecule has 0 fully saturated rings. The standard InChI is InChI=1S/C66H44N2S2/c1-3-16-45(17-4-1)47-32-34-48(35-33-47)50-36-40-52(41-37-50)67(61-28-14-25-58-56-23-8-11-30-63(56)69-65(58)61)54-21-13-20-51(44-54)55-22-7-10-27-60(55)68(53-42-38-49(39-43-53)46-18-5-2-6-19-46)62-29-15-26-59-57-24-9-12-31-64(57)70-66(59)62/h1-44H. The minimum atomic E-state index is 1.09. The molecule has 13 rings (SSSR count). The number of benzene rings is 11. The van der Waals surface area contributed by atoms with E-state index >= 15 is 0 Å². The Labute approximate surface area is 415 Å². The van der Waals surface area contributed by atoms with Gasteiger partial charge in [-0.1, -0.05) is 200 Å². The van der Waals surface area contributed by atoms with E-state index in [1.54, 1.807) is 0 Å². The summed E-state index contributed by atoms with van der Waals surface area (Å²) in [5.74, 6) is 0. The van der Waals surface area contributed by atoms with Crippen molar-refractivity contribution in [1.29, 1.82) is 0 Å². The lowest BCUT2D eigenvalue weighted by Crippen LogP contribution is -2.12. The van der Waals surface area contributed by atoms with E-state index in [2.05, 4.69) is 277 Å². The summed E-state index contributed by atoms with van der Waals surface area (Å²) in [6, 6.07) is 97.3. The predicted octanol–water partition coefficient (Wildman–Crippen LogP) is 20.0. The van der Waals surface area contributed by atoms with Crippen LogP contribution >= 0.6 is 22.7 Å². The van der Waals surface area contributed by atoms with Crippen molar-refractivity contribution in [1.82, 2.24) is 0 Å². The van der Waals surface area contributed by atoms with Gasteiger partial charge in [0.05, 0.1) is 26.5 Å². The van der Waals surface area contributed by atoms with Gasteiger partial charge in [-0.3, -0.25) is 0 Å². The van der Waals surface area contributed by atoms with Crippen molar-refractivity contribution in [3.05, 3.63) is 267 Å². The van der Waals surface area contributed by atoms with Crippen LogP contribution < -0.4 is 9.80 Å². The van der Waals surface area contributed by atoms with Crippen molar-refractivity contribution in [2.75, 3.05) is 9.80 Å². The molecule has 330 valence electrons. The first kappa shape index (κ1) is 41.6. The quantitative estimate of drug-likeness (QED) is 0.135. The summed E-state index contributed by atoms with van der Waals surface area (Å²) in [4.78, 5) is 4.92. The van der Waals surface area contributed by atoms with Crippen LogP contribution in [0.1, 0.15) is 0 Å². The van der Waals surface area contributed by atoms with Crippen LogP contribution in [0.5, 0.6) is 0 Å². The summed E-state index contributed by atoms with van der Waals surface area (Å²) in [5, 5.41) is 5.10. The van der Waals surface area contributed by atoms with E-state index in [9.17, 15) is 0 Å². The molecule has 0 aliphatic heterocycles. The van der Waals surface area contributed by atoms with Gasteiger partial charge < -0.3 is 9.80 Å². The van der Waals surface area contributed by atoms with E-state index < -0.39 is 0 Å². The highest BCUT2D eigenvalue weighted by molar-refractivity contribution is 7.26. The molecule has 11 aromatic carbocycles. The molecule has 2 heterocycles. The van der Waals surface area contributed by atoms with E-state index in [-0.39, 0.29) is 0 Å². The Hall–Kier alpha value is -8.54. The van der Waals surface area contributed by atoms with E-state index in [0.29, 0.717) is 0 Å².